The third-order valence-corrected chi connectivity index (χ3v) is 4.12. The van der Waals surface area contributed by atoms with Crippen molar-refractivity contribution in [3.8, 4) is 6.01 Å². The molecule has 1 aliphatic heterocycles. The van der Waals surface area contributed by atoms with Crippen molar-refractivity contribution in [3.63, 3.8) is 0 Å². The summed E-state index contributed by atoms with van der Waals surface area (Å²) in [7, 11) is 1.59. The van der Waals surface area contributed by atoms with E-state index in [1.54, 1.807) is 7.05 Å². The second-order valence-electron chi connectivity index (χ2n) is 5.29. The van der Waals surface area contributed by atoms with Gasteiger partial charge in [0.25, 0.3) is 0 Å². The maximum atomic E-state index is 12.3. The minimum absolute atomic E-state index is 0.0349. The van der Waals surface area contributed by atoms with Crippen molar-refractivity contribution in [2.45, 2.75) is 38.0 Å². The molecule has 1 fully saturated rings. The fraction of sp³-hybridized carbons (Fsp3) is 0.750. The van der Waals surface area contributed by atoms with Gasteiger partial charge in [0.1, 0.15) is 6.29 Å². The molecule has 2 rings (SSSR count). The lowest BCUT2D eigenvalue weighted by atomic mass is 10.2. The molecular weight excluding hydrogens is 308 g/mol. The van der Waals surface area contributed by atoms with E-state index in [9.17, 15) is 9.59 Å². The average Bonchev–Trinajstić information content (AvgIpc) is 3.07. The highest BCUT2D eigenvalue weighted by Crippen LogP contribution is 2.23. The molecule has 10 heteroatoms. The van der Waals surface area contributed by atoms with Gasteiger partial charge in [0.2, 0.25) is 0 Å². The Hall–Kier alpha value is -1.68. The zero-order valence-corrected chi connectivity index (χ0v) is 13.7. The van der Waals surface area contributed by atoms with Crippen molar-refractivity contribution in [1.29, 1.82) is 0 Å². The van der Waals surface area contributed by atoms with Crippen LogP contribution in [0.5, 0.6) is 6.01 Å². The molecule has 1 saturated heterocycles. The molecule has 1 aromatic rings. The van der Waals surface area contributed by atoms with Crippen LogP contribution in [0.25, 0.3) is 0 Å². The average molecular weight is 328 g/mol. The summed E-state index contributed by atoms with van der Waals surface area (Å²) in [6.45, 7) is 5.08. The predicted molar refractivity (Wildman–Crippen MR) is 80.0 cm³/mol. The number of rotatable bonds is 6. The minimum Gasteiger partial charge on any atom is -0.372 e. The standard InChI is InChI=1S/C12H20N6O3S/c1-9(2)22-18(8-17-6-4-5-10(17)7-19)12(20)21-11-13-14-15-16(11)3/h7,9-10H,4-6,8H2,1-3H3/t10-/m1/s1. The first kappa shape index (κ1) is 16.7. The fourth-order valence-electron chi connectivity index (χ4n) is 2.17. The van der Waals surface area contributed by atoms with Crippen LogP contribution in [0.2, 0.25) is 0 Å². The summed E-state index contributed by atoms with van der Waals surface area (Å²) in [5.41, 5.74) is 0. The lowest BCUT2D eigenvalue weighted by Gasteiger charge is -2.28. The number of aryl methyl sites for hydroxylation is 1. The first-order chi connectivity index (χ1) is 10.5. The van der Waals surface area contributed by atoms with E-state index in [1.165, 1.54) is 20.9 Å². The van der Waals surface area contributed by atoms with Crippen molar-refractivity contribution in [2.24, 2.45) is 7.05 Å². The Bertz CT molecular complexity index is 523. The van der Waals surface area contributed by atoms with E-state index in [0.29, 0.717) is 6.67 Å². The summed E-state index contributed by atoms with van der Waals surface area (Å²) >= 11 is 1.36. The second-order valence-corrected chi connectivity index (χ2v) is 6.88. The number of hydrogen-bond acceptors (Lipinski definition) is 8. The minimum atomic E-state index is -0.548. The molecule has 1 amide bonds. The number of carbonyl (C=O) groups excluding carboxylic acids is 2. The van der Waals surface area contributed by atoms with E-state index in [1.807, 2.05) is 18.7 Å². The van der Waals surface area contributed by atoms with Gasteiger partial charge < -0.3 is 9.53 Å². The number of carbonyl (C=O) groups is 2. The molecule has 122 valence electrons. The SMILES string of the molecule is CC(C)SN(CN1CCC[C@@H]1C=O)C(=O)Oc1nnnn1C. The van der Waals surface area contributed by atoms with Gasteiger partial charge in [-0.1, -0.05) is 18.9 Å². The fourth-order valence-corrected chi connectivity index (χ4v) is 3.02. The molecule has 0 radical (unpaired) electrons. The van der Waals surface area contributed by atoms with Crippen LogP contribution >= 0.6 is 11.9 Å². The van der Waals surface area contributed by atoms with Crippen molar-refractivity contribution in [2.75, 3.05) is 13.2 Å². The number of likely N-dealkylation sites (tertiary alicyclic amines) is 1. The normalized spacial score (nSPS) is 18.6. The molecule has 2 heterocycles. The molecule has 0 bridgehead atoms. The molecule has 1 aromatic heterocycles. The summed E-state index contributed by atoms with van der Waals surface area (Å²) in [6.07, 6.45) is 2.16. The van der Waals surface area contributed by atoms with Gasteiger partial charge in [-0.25, -0.2) is 9.10 Å². The molecule has 1 atom stereocenters. The number of amides is 1. The molecule has 0 aromatic carbocycles. The largest absolute Gasteiger partial charge is 0.429 e. The van der Waals surface area contributed by atoms with E-state index in [-0.39, 0.29) is 17.3 Å². The monoisotopic (exact) mass is 328 g/mol. The first-order valence-electron chi connectivity index (χ1n) is 7.09. The van der Waals surface area contributed by atoms with Gasteiger partial charge in [0, 0.05) is 18.8 Å². The first-order valence-corrected chi connectivity index (χ1v) is 7.92. The highest BCUT2D eigenvalue weighted by molar-refractivity contribution is 7.98. The highest BCUT2D eigenvalue weighted by atomic mass is 32.2. The van der Waals surface area contributed by atoms with E-state index in [4.69, 9.17) is 4.74 Å². The molecule has 0 N–H and O–H groups in total. The molecule has 0 aliphatic carbocycles. The summed E-state index contributed by atoms with van der Waals surface area (Å²) in [6, 6.07) is -0.104. The number of nitrogens with zero attached hydrogens (tertiary/aromatic N) is 6. The summed E-state index contributed by atoms with van der Waals surface area (Å²) < 4.78 is 7.98. The zero-order valence-electron chi connectivity index (χ0n) is 12.9. The predicted octanol–water partition coefficient (Wildman–Crippen LogP) is 0.688. The van der Waals surface area contributed by atoms with Gasteiger partial charge in [-0.05, 0) is 35.2 Å². The van der Waals surface area contributed by atoms with Crippen molar-refractivity contribution in [3.05, 3.63) is 0 Å². The quantitative estimate of drug-likeness (QED) is 0.556. The lowest BCUT2D eigenvalue weighted by Crippen LogP contribution is -2.42. The van der Waals surface area contributed by atoms with Crippen LogP contribution in [-0.4, -0.2) is 66.3 Å². The van der Waals surface area contributed by atoms with Gasteiger partial charge in [-0.2, -0.15) is 4.68 Å². The van der Waals surface area contributed by atoms with Crippen LogP contribution in [0.4, 0.5) is 4.79 Å². The van der Waals surface area contributed by atoms with Gasteiger partial charge in [-0.15, -0.1) is 0 Å². The van der Waals surface area contributed by atoms with Crippen LogP contribution < -0.4 is 4.74 Å². The highest BCUT2D eigenvalue weighted by Gasteiger charge is 2.29. The Kier molecular flexibility index (Phi) is 5.72. The summed E-state index contributed by atoms with van der Waals surface area (Å²) in [5.74, 6) is 0. The third-order valence-electron chi connectivity index (χ3n) is 3.18. The Balaban J connectivity index is 2.03. The molecule has 9 nitrogen and oxygen atoms in total. The Morgan fingerprint density at radius 2 is 2.36 bits per heavy atom. The molecule has 0 unspecified atom stereocenters. The topological polar surface area (TPSA) is 93.5 Å². The second kappa shape index (κ2) is 7.54. The van der Waals surface area contributed by atoms with Crippen molar-refractivity contribution in [1.82, 2.24) is 29.4 Å². The summed E-state index contributed by atoms with van der Waals surface area (Å²) in [4.78, 5) is 25.4. The van der Waals surface area contributed by atoms with Gasteiger partial charge in [-0.3, -0.25) is 4.90 Å². The Labute approximate surface area is 133 Å². The van der Waals surface area contributed by atoms with Crippen LogP contribution in [0.15, 0.2) is 0 Å². The van der Waals surface area contributed by atoms with Crippen LogP contribution in [-0.2, 0) is 11.8 Å². The van der Waals surface area contributed by atoms with Gasteiger partial charge in [0.15, 0.2) is 0 Å². The van der Waals surface area contributed by atoms with E-state index >= 15 is 0 Å². The van der Waals surface area contributed by atoms with E-state index in [2.05, 4.69) is 15.5 Å². The number of hydrogen-bond donors (Lipinski definition) is 0. The molecule has 0 spiro atoms. The maximum Gasteiger partial charge on any atom is 0.429 e. The molecule has 0 saturated carbocycles. The Morgan fingerprint density at radius 1 is 1.59 bits per heavy atom. The van der Waals surface area contributed by atoms with Crippen LogP contribution in [0.1, 0.15) is 26.7 Å². The van der Waals surface area contributed by atoms with Crippen LogP contribution in [0.3, 0.4) is 0 Å². The number of tetrazole rings is 1. The van der Waals surface area contributed by atoms with Gasteiger partial charge >= 0.3 is 12.1 Å². The number of aldehydes is 1. The molecule has 22 heavy (non-hydrogen) atoms. The summed E-state index contributed by atoms with van der Waals surface area (Å²) in [5, 5.41) is 10.9. The van der Waals surface area contributed by atoms with E-state index < -0.39 is 6.09 Å². The molecular formula is C12H20N6O3S. The van der Waals surface area contributed by atoms with Crippen molar-refractivity contribution < 1.29 is 14.3 Å². The van der Waals surface area contributed by atoms with Crippen LogP contribution in [0, 0.1) is 0 Å². The number of aromatic nitrogens is 4. The van der Waals surface area contributed by atoms with Crippen molar-refractivity contribution >= 4 is 24.3 Å². The van der Waals surface area contributed by atoms with Gasteiger partial charge in [0.05, 0.1) is 12.7 Å². The zero-order chi connectivity index (χ0) is 16.1. The lowest BCUT2D eigenvalue weighted by molar-refractivity contribution is -0.111. The number of ether oxygens (including phenoxy) is 1. The smallest absolute Gasteiger partial charge is 0.372 e. The maximum absolute atomic E-state index is 12.3. The van der Waals surface area contributed by atoms with E-state index in [0.717, 1.165) is 25.7 Å². The molecule has 1 aliphatic rings. The third kappa shape index (κ3) is 4.17. The Morgan fingerprint density at radius 3 is 2.95 bits per heavy atom.